The Morgan fingerprint density at radius 3 is 2.72 bits per heavy atom. The van der Waals surface area contributed by atoms with Gasteiger partial charge in [-0.05, 0) is 50.0 Å². The Hall–Kier alpha value is -0.770. The van der Waals surface area contributed by atoms with E-state index in [-0.39, 0.29) is 11.8 Å². The fourth-order valence-corrected chi connectivity index (χ4v) is 2.79. The largest absolute Gasteiger partial charge is 0.508 e. The van der Waals surface area contributed by atoms with Crippen molar-refractivity contribution in [2.75, 3.05) is 19.6 Å². The van der Waals surface area contributed by atoms with Crippen molar-refractivity contribution >= 4 is 11.6 Å². The highest BCUT2D eigenvalue weighted by Gasteiger charge is 2.25. The van der Waals surface area contributed by atoms with Crippen molar-refractivity contribution in [1.82, 2.24) is 4.90 Å². The van der Waals surface area contributed by atoms with Crippen molar-refractivity contribution in [2.24, 2.45) is 11.7 Å². The number of aromatic hydroxyl groups is 1. The molecule has 3 N–H and O–H groups in total. The minimum atomic E-state index is 0.0659. The highest BCUT2D eigenvalue weighted by molar-refractivity contribution is 6.30. The summed E-state index contributed by atoms with van der Waals surface area (Å²) in [5.41, 5.74) is 6.74. The third-order valence-electron chi connectivity index (χ3n) is 3.83. The summed E-state index contributed by atoms with van der Waals surface area (Å²) in [6, 6.07) is 5.24. The van der Waals surface area contributed by atoms with Crippen LogP contribution in [-0.4, -0.2) is 29.6 Å². The summed E-state index contributed by atoms with van der Waals surface area (Å²) < 4.78 is 0. The summed E-state index contributed by atoms with van der Waals surface area (Å²) in [4.78, 5) is 2.35. The Bertz CT molecular complexity index is 403. The second-order valence-electron chi connectivity index (χ2n) is 5.17. The third-order valence-corrected chi connectivity index (χ3v) is 4.07. The van der Waals surface area contributed by atoms with Crippen LogP contribution in [0, 0.1) is 5.92 Å². The molecule has 1 aliphatic rings. The molecule has 0 aromatic heterocycles. The summed E-state index contributed by atoms with van der Waals surface area (Å²) >= 11 is 6.01. The molecule has 1 aromatic rings. The first-order valence-corrected chi connectivity index (χ1v) is 6.92. The van der Waals surface area contributed by atoms with Gasteiger partial charge in [-0.25, -0.2) is 0 Å². The van der Waals surface area contributed by atoms with Crippen molar-refractivity contribution in [3.8, 4) is 5.75 Å². The Kier molecular flexibility index (Phi) is 4.49. The van der Waals surface area contributed by atoms with E-state index in [0.717, 1.165) is 24.6 Å². The van der Waals surface area contributed by atoms with Crippen LogP contribution in [0.15, 0.2) is 18.2 Å². The fourth-order valence-electron chi connectivity index (χ4n) is 2.61. The van der Waals surface area contributed by atoms with Gasteiger partial charge in [0.25, 0.3) is 0 Å². The summed E-state index contributed by atoms with van der Waals surface area (Å²) in [6.07, 6.45) is 2.38. The van der Waals surface area contributed by atoms with E-state index < -0.39 is 0 Å². The molecule has 18 heavy (non-hydrogen) atoms. The molecule has 1 heterocycles. The third kappa shape index (κ3) is 2.97. The van der Waals surface area contributed by atoms with Crippen LogP contribution in [0.3, 0.4) is 0 Å². The van der Waals surface area contributed by atoms with E-state index in [4.69, 9.17) is 17.3 Å². The number of rotatable bonds is 3. The molecule has 0 aliphatic carbocycles. The average Bonchev–Trinajstić information content (AvgIpc) is 2.37. The van der Waals surface area contributed by atoms with Gasteiger partial charge >= 0.3 is 0 Å². The van der Waals surface area contributed by atoms with Gasteiger partial charge in [0, 0.05) is 17.1 Å². The Morgan fingerprint density at radius 2 is 2.11 bits per heavy atom. The first-order valence-electron chi connectivity index (χ1n) is 6.54. The molecule has 0 bridgehead atoms. The predicted molar refractivity (Wildman–Crippen MR) is 74.9 cm³/mol. The molecule has 0 amide bonds. The van der Waals surface area contributed by atoms with Gasteiger partial charge in [-0.1, -0.05) is 18.5 Å². The quantitative estimate of drug-likeness (QED) is 0.886. The molecule has 1 aliphatic heterocycles. The second kappa shape index (κ2) is 5.91. The molecule has 3 nitrogen and oxygen atoms in total. The summed E-state index contributed by atoms with van der Waals surface area (Å²) in [5, 5.41) is 10.6. The first-order chi connectivity index (χ1) is 8.61. The van der Waals surface area contributed by atoms with Crippen LogP contribution in [0.4, 0.5) is 0 Å². The van der Waals surface area contributed by atoms with Crippen molar-refractivity contribution in [3.63, 3.8) is 0 Å². The van der Waals surface area contributed by atoms with E-state index in [1.54, 1.807) is 12.1 Å². The molecule has 100 valence electrons. The van der Waals surface area contributed by atoms with E-state index in [1.165, 1.54) is 12.8 Å². The molecule has 1 aromatic carbocycles. The highest BCUT2D eigenvalue weighted by atomic mass is 35.5. The number of phenolic OH excluding ortho intramolecular Hbond substituents is 1. The number of benzene rings is 1. The van der Waals surface area contributed by atoms with Crippen LogP contribution in [0.2, 0.25) is 5.02 Å². The maximum Gasteiger partial charge on any atom is 0.120 e. The SMILES string of the molecule is CC1CCN(C(CN)c2cc(Cl)ccc2O)CC1. The smallest absolute Gasteiger partial charge is 0.120 e. The molecule has 1 unspecified atom stereocenters. The molecule has 0 saturated carbocycles. The Balaban J connectivity index is 2.19. The molecular formula is C14H21ClN2O. The van der Waals surface area contributed by atoms with Gasteiger partial charge in [0.1, 0.15) is 5.75 Å². The molecule has 2 rings (SSSR count). The zero-order valence-corrected chi connectivity index (χ0v) is 11.5. The number of likely N-dealkylation sites (tertiary alicyclic amines) is 1. The summed E-state index contributed by atoms with van der Waals surface area (Å²) in [5.74, 6) is 1.07. The van der Waals surface area contributed by atoms with Gasteiger partial charge < -0.3 is 10.8 Å². The van der Waals surface area contributed by atoms with Crippen LogP contribution in [0.1, 0.15) is 31.4 Å². The van der Waals surface area contributed by atoms with Crippen molar-refractivity contribution in [1.29, 1.82) is 0 Å². The molecule has 4 heteroatoms. The normalized spacial score (nSPS) is 19.9. The molecule has 1 atom stereocenters. The molecule has 0 radical (unpaired) electrons. The summed E-state index contributed by atoms with van der Waals surface area (Å²) in [7, 11) is 0. The number of halogens is 1. The van der Waals surface area contributed by atoms with E-state index in [1.807, 2.05) is 6.07 Å². The van der Waals surface area contributed by atoms with Gasteiger partial charge in [0.05, 0.1) is 6.04 Å². The van der Waals surface area contributed by atoms with Crippen molar-refractivity contribution in [2.45, 2.75) is 25.8 Å². The molecular weight excluding hydrogens is 248 g/mol. The van der Waals surface area contributed by atoms with Crippen molar-refractivity contribution < 1.29 is 5.11 Å². The van der Waals surface area contributed by atoms with Crippen LogP contribution in [-0.2, 0) is 0 Å². The summed E-state index contributed by atoms with van der Waals surface area (Å²) in [6.45, 7) is 4.86. The van der Waals surface area contributed by atoms with Gasteiger partial charge in [-0.15, -0.1) is 0 Å². The maximum absolute atomic E-state index is 9.98. The van der Waals surface area contributed by atoms with E-state index in [2.05, 4.69) is 11.8 Å². The molecule has 0 spiro atoms. The molecule has 1 fully saturated rings. The van der Waals surface area contributed by atoms with Crippen LogP contribution in [0.5, 0.6) is 5.75 Å². The van der Waals surface area contributed by atoms with Crippen LogP contribution in [0.25, 0.3) is 0 Å². The lowest BCUT2D eigenvalue weighted by atomic mass is 9.95. The zero-order valence-electron chi connectivity index (χ0n) is 10.8. The van der Waals surface area contributed by atoms with E-state index in [9.17, 15) is 5.11 Å². The number of hydrogen-bond acceptors (Lipinski definition) is 3. The predicted octanol–water partition coefficient (Wildman–Crippen LogP) is 2.78. The number of nitrogens with two attached hydrogens (primary N) is 1. The number of nitrogens with zero attached hydrogens (tertiary/aromatic N) is 1. The van der Waals surface area contributed by atoms with Gasteiger partial charge in [0.15, 0.2) is 0 Å². The Labute approximate surface area is 114 Å². The fraction of sp³-hybridized carbons (Fsp3) is 0.571. The van der Waals surface area contributed by atoms with E-state index in [0.29, 0.717) is 11.6 Å². The standard InChI is InChI=1S/C14H21ClN2O/c1-10-4-6-17(7-5-10)13(9-16)12-8-11(15)2-3-14(12)18/h2-3,8,10,13,18H,4-7,9,16H2,1H3. The van der Waals surface area contributed by atoms with Gasteiger partial charge in [-0.2, -0.15) is 0 Å². The maximum atomic E-state index is 9.98. The average molecular weight is 269 g/mol. The van der Waals surface area contributed by atoms with Crippen LogP contribution < -0.4 is 5.73 Å². The lowest BCUT2D eigenvalue weighted by Crippen LogP contribution is -2.39. The lowest BCUT2D eigenvalue weighted by molar-refractivity contribution is 0.139. The van der Waals surface area contributed by atoms with Gasteiger partial charge in [0.2, 0.25) is 0 Å². The highest BCUT2D eigenvalue weighted by Crippen LogP contribution is 2.32. The second-order valence-corrected chi connectivity index (χ2v) is 5.61. The molecule has 1 saturated heterocycles. The van der Waals surface area contributed by atoms with Gasteiger partial charge in [-0.3, -0.25) is 4.90 Å². The topological polar surface area (TPSA) is 49.5 Å². The van der Waals surface area contributed by atoms with Crippen LogP contribution >= 0.6 is 11.6 Å². The minimum absolute atomic E-state index is 0.0659. The lowest BCUT2D eigenvalue weighted by Gasteiger charge is -2.36. The number of piperidine rings is 1. The van der Waals surface area contributed by atoms with E-state index >= 15 is 0 Å². The number of hydrogen-bond donors (Lipinski definition) is 2. The zero-order chi connectivity index (χ0) is 13.1. The number of phenols is 1. The Morgan fingerprint density at radius 1 is 1.44 bits per heavy atom. The monoisotopic (exact) mass is 268 g/mol. The van der Waals surface area contributed by atoms with Crippen molar-refractivity contribution in [3.05, 3.63) is 28.8 Å². The first kappa shape index (κ1) is 13.7. The minimum Gasteiger partial charge on any atom is -0.508 e.